The van der Waals surface area contributed by atoms with Crippen molar-refractivity contribution < 1.29 is 5.91 Å². The summed E-state index contributed by atoms with van der Waals surface area (Å²) in [6, 6.07) is 0. The molecule has 0 aliphatic heterocycles. The van der Waals surface area contributed by atoms with Gasteiger partial charge < -0.3 is 4.48 Å². The van der Waals surface area contributed by atoms with Gasteiger partial charge in [-0.1, -0.05) is 53.4 Å². The zero-order chi connectivity index (χ0) is 13.0. The van der Waals surface area contributed by atoms with E-state index in [1.807, 2.05) is 0 Å². The Morgan fingerprint density at radius 1 is 0.529 bits per heavy atom. The third-order valence-corrected chi connectivity index (χ3v) is 3.94. The summed E-state index contributed by atoms with van der Waals surface area (Å²) in [5.41, 5.74) is 0. The van der Waals surface area contributed by atoms with E-state index in [0.29, 0.717) is 0 Å². The molecular formula is C16H37N+2. The molecular weight excluding hydrogens is 206 g/mol. The van der Waals surface area contributed by atoms with Crippen molar-refractivity contribution in [3.8, 4) is 0 Å². The molecule has 0 radical (unpaired) electrons. The van der Waals surface area contributed by atoms with Crippen LogP contribution in [0.5, 0.6) is 0 Å². The first-order chi connectivity index (χ1) is 8.24. The van der Waals surface area contributed by atoms with E-state index in [1.165, 1.54) is 82.0 Å². The standard InChI is InChI=1S/C16H36N/c1-5-9-13-17(14-10-6-2,15-11-7-3)16-12-8-4/h5-16H2,1-4H3/q+1/p+1. The summed E-state index contributed by atoms with van der Waals surface area (Å²) in [6.45, 7) is 15.0. The molecule has 0 atom stereocenters. The van der Waals surface area contributed by atoms with Gasteiger partial charge in [-0.3, -0.25) is 0 Å². The lowest BCUT2D eigenvalue weighted by atomic mass is 10.1. The fraction of sp³-hybridized carbons (Fsp3) is 1.00. The van der Waals surface area contributed by atoms with Crippen LogP contribution < -0.4 is 0 Å². The van der Waals surface area contributed by atoms with Crippen LogP contribution in [0.4, 0.5) is 0 Å². The highest BCUT2D eigenvalue weighted by Gasteiger charge is 2.24. The van der Waals surface area contributed by atoms with E-state index in [9.17, 15) is 0 Å². The van der Waals surface area contributed by atoms with Crippen LogP contribution in [0.15, 0.2) is 0 Å². The molecule has 0 N–H and O–H groups in total. The van der Waals surface area contributed by atoms with Crippen LogP contribution >= 0.6 is 0 Å². The number of hydrogen-bond acceptors (Lipinski definition) is 0. The van der Waals surface area contributed by atoms with Gasteiger partial charge in [0.15, 0.2) is 0 Å². The van der Waals surface area contributed by atoms with E-state index in [0.717, 1.165) is 0 Å². The van der Waals surface area contributed by atoms with Gasteiger partial charge in [-0.05, 0) is 25.7 Å². The predicted octanol–water partition coefficient (Wildman–Crippen LogP) is 5.12. The Kier molecular flexibility index (Phi) is 11.0. The molecule has 17 heavy (non-hydrogen) atoms. The SMILES string of the molecule is CCCC[N+](CCCC)(CCCC)CCCC.[H+]. The number of nitrogens with zero attached hydrogens (tertiary/aromatic N) is 1. The Morgan fingerprint density at radius 2 is 0.765 bits per heavy atom. The number of rotatable bonds is 12. The number of quaternary nitrogens is 1. The van der Waals surface area contributed by atoms with Crippen LogP contribution in [-0.2, 0) is 0 Å². The van der Waals surface area contributed by atoms with Gasteiger partial charge >= 0.3 is 1.43 Å². The van der Waals surface area contributed by atoms with Gasteiger partial charge in [-0.15, -0.1) is 0 Å². The average molecular weight is 243 g/mol. The molecule has 0 heterocycles. The van der Waals surface area contributed by atoms with Crippen LogP contribution in [0.3, 0.4) is 0 Å². The first kappa shape index (κ1) is 17.0. The minimum absolute atomic E-state index is 0. The zero-order valence-corrected chi connectivity index (χ0v) is 12.9. The smallest absolute Gasteiger partial charge is 0.324 e. The van der Waals surface area contributed by atoms with Crippen LogP contribution in [0.1, 0.15) is 80.5 Å². The minimum Gasteiger partial charge on any atom is -0.324 e. The zero-order valence-electron chi connectivity index (χ0n) is 13.9. The number of unbranched alkanes of at least 4 members (excludes halogenated alkanes) is 4. The van der Waals surface area contributed by atoms with E-state index in [2.05, 4.69) is 27.7 Å². The quantitative estimate of drug-likeness (QED) is 0.418. The molecule has 0 unspecified atom stereocenters. The normalized spacial score (nSPS) is 12.0. The van der Waals surface area contributed by atoms with Crippen molar-refractivity contribution in [2.24, 2.45) is 0 Å². The molecule has 0 aromatic carbocycles. The molecule has 1 nitrogen and oxygen atoms in total. The Bertz CT molecular complexity index is 122. The van der Waals surface area contributed by atoms with Crippen molar-refractivity contribution >= 4 is 0 Å². The summed E-state index contributed by atoms with van der Waals surface area (Å²) in [5, 5.41) is 0. The molecule has 0 aromatic heterocycles. The molecule has 0 aliphatic rings. The first-order valence-corrected chi connectivity index (χ1v) is 8.09. The fourth-order valence-corrected chi connectivity index (χ4v) is 2.64. The second-order valence-corrected chi connectivity index (χ2v) is 5.65. The second-order valence-electron chi connectivity index (χ2n) is 5.65. The van der Waals surface area contributed by atoms with Crippen LogP contribution in [0.25, 0.3) is 0 Å². The van der Waals surface area contributed by atoms with E-state index >= 15 is 0 Å². The summed E-state index contributed by atoms with van der Waals surface area (Å²) in [7, 11) is 0. The maximum atomic E-state index is 2.33. The summed E-state index contributed by atoms with van der Waals surface area (Å²) in [5.74, 6) is 0. The van der Waals surface area contributed by atoms with Gasteiger partial charge in [0.05, 0.1) is 26.2 Å². The van der Waals surface area contributed by atoms with Crippen LogP contribution in [0.2, 0.25) is 0 Å². The molecule has 0 saturated heterocycles. The van der Waals surface area contributed by atoms with Crippen molar-refractivity contribution in [1.82, 2.24) is 0 Å². The Balaban J connectivity index is 0. The van der Waals surface area contributed by atoms with Gasteiger partial charge in [0.1, 0.15) is 0 Å². The fourth-order valence-electron chi connectivity index (χ4n) is 2.64. The monoisotopic (exact) mass is 243 g/mol. The summed E-state index contributed by atoms with van der Waals surface area (Å²) in [6.07, 6.45) is 11.1. The molecule has 0 saturated carbocycles. The van der Waals surface area contributed by atoms with Crippen LogP contribution in [0, 0.1) is 0 Å². The van der Waals surface area contributed by atoms with Crippen LogP contribution in [-0.4, -0.2) is 30.7 Å². The molecule has 0 bridgehead atoms. The Labute approximate surface area is 112 Å². The molecule has 0 rings (SSSR count). The third kappa shape index (κ3) is 7.81. The summed E-state index contributed by atoms with van der Waals surface area (Å²) < 4.78 is 1.42. The van der Waals surface area contributed by atoms with Crippen molar-refractivity contribution in [2.45, 2.75) is 79.1 Å². The van der Waals surface area contributed by atoms with Gasteiger partial charge in [0.2, 0.25) is 0 Å². The molecule has 0 amide bonds. The highest BCUT2D eigenvalue weighted by Crippen LogP contribution is 2.16. The van der Waals surface area contributed by atoms with E-state index in [4.69, 9.17) is 0 Å². The Hall–Kier alpha value is -0.0400. The van der Waals surface area contributed by atoms with Gasteiger partial charge in [0, 0.05) is 0 Å². The molecule has 0 fully saturated rings. The van der Waals surface area contributed by atoms with Gasteiger partial charge in [-0.25, -0.2) is 0 Å². The number of hydrogen-bond donors (Lipinski definition) is 0. The van der Waals surface area contributed by atoms with Crippen molar-refractivity contribution in [3.05, 3.63) is 0 Å². The van der Waals surface area contributed by atoms with Gasteiger partial charge in [-0.2, -0.15) is 0 Å². The molecule has 104 valence electrons. The summed E-state index contributed by atoms with van der Waals surface area (Å²) >= 11 is 0. The highest BCUT2D eigenvalue weighted by atomic mass is 15.3. The maximum Gasteiger partial charge on any atom is 1.00 e. The van der Waals surface area contributed by atoms with Crippen molar-refractivity contribution in [1.29, 1.82) is 0 Å². The molecule has 0 aromatic rings. The lowest BCUT2D eigenvalue weighted by Gasteiger charge is -2.39. The lowest BCUT2D eigenvalue weighted by Crippen LogP contribution is -2.50. The summed E-state index contributed by atoms with van der Waals surface area (Å²) in [4.78, 5) is 0. The van der Waals surface area contributed by atoms with Gasteiger partial charge in [0.25, 0.3) is 0 Å². The molecule has 0 aliphatic carbocycles. The second kappa shape index (κ2) is 11.1. The van der Waals surface area contributed by atoms with E-state index in [1.54, 1.807) is 0 Å². The predicted molar refractivity (Wildman–Crippen MR) is 80.5 cm³/mol. The molecule has 1 heteroatoms. The highest BCUT2D eigenvalue weighted by molar-refractivity contribution is 4.49. The topological polar surface area (TPSA) is 0 Å². The third-order valence-electron chi connectivity index (χ3n) is 3.94. The lowest BCUT2D eigenvalue weighted by molar-refractivity contribution is -0.929. The minimum atomic E-state index is 0. The van der Waals surface area contributed by atoms with E-state index < -0.39 is 0 Å². The largest absolute Gasteiger partial charge is 1.00 e. The maximum absolute atomic E-state index is 2.33. The average Bonchev–Trinajstić information content (AvgIpc) is 2.37. The first-order valence-electron chi connectivity index (χ1n) is 8.09. The Morgan fingerprint density at radius 3 is 0.941 bits per heavy atom. The molecule has 0 spiro atoms. The van der Waals surface area contributed by atoms with E-state index in [-0.39, 0.29) is 1.43 Å². The van der Waals surface area contributed by atoms with Crippen molar-refractivity contribution in [2.75, 3.05) is 26.2 Å². The van der Waals surface area contributed by atoms with Crippen molar-refractivity contribution in [3.63, 3.8) is 0 Å².